The Labute approximate surface area is 330 Å². The van der Waals surface area contributed by atoms with Crippen molar-refractivity contribution in [3.05, 3.63) is 71.0 Å². The number of halogens is 4. The Morgan fingerprint density at radius 2 is 1.73 bits per heavy atom. The molecule has 3 fully saturated rings. The molecule has 2 aromatic carbocycles. The van der Waals surface area contributed by atoms with E-state index in [-0.39, 0.29) is 35.6 Å². The fourth-order valence-electron chi connectivity index (χ4n) is 6.67. The summed E-state index contributed by atoms with van der Waals surface area (Å²) in [4.78, 5) is 60.4. The van der Waals surface area contributed by atoms with E-state index in [1.165, 1.54) is 6.07 Å². The molecule has 0 radical (unpaired) electrons. The highest BCUT2D eigenvalue weighted by Crippen LogP contribution is 2.39. The fourth-order valence-corrected chi connectivity index (χ4v) is 7.43. The van der Waals surface area contributed by atoms with Crippen LogP contribution < -0.4 is 30.5 Å². The lowest BCUT2D eigenvalue weighted by Gasteiger charge is -2.34. The molecule has 6 rings (SSSR count). The van der Waals surface area contributed by atoms with Crippen molar-refractivity contribution in [1.82, 2.24) is 20.1 Å². The molecule has 294 valence electrons. The van der Waals surface area contributed by atoms with Gasteiger partial charge in [0.15, 0.2) is 10.8 Å². The van der Waals surface area contributed by atoms with Crippen LogP contribution in [0.5, 0.6) is 5.75 Å². The zero-order valence-electron chi connectivity index (χ0n) is 30.3. The highest BCUT2D eigenvalue weighted by atomic mass is 35.5. The van der Waals surface area contributed by atoms with E-state index < -0.39 is 40.8 Å². The fraction of sp³-hybridized carbons (Fsp3) is 0.378. The van der Waals surface area contributed by atoms with Gasteiger partial charge in [0.2, 0.25) is 17.7 Å². The molecule has 3 aliphatic heterocycles. The predicted octanol–water partition coefficient (Wildman–Crippen LogP) is 4.39. The van der Waals surface area contributed by atoms with Gasteiger partial charge in [0, 0.05) is 61.2 Å². The zero-order chi connectivity index (χ0) is 40.4. The molecule has 4 heterocycles. The SMILES string of the molecule is CC1(C)C(=O)N(c2cnc(C#N)c(C(F)(F)F)c2)C(=S)N1c1ccc(OCCN2CCN(CC(=O)Nc3cc(Cl)cc(NC4CCC(=O)NC4=O)c3)CC2)cc1. The predicted molar refractivity (Wildman–Crippen MR) is 205 cm³/mol. The lowest BCUT2D eigenvalue weighted by Crippen LogP contribution is -2.49. The molecule has 3 saturated heterocycles. The molecule has 3 N–H and O–H groups in total. The number of piperazine rings is 1. The maximum atomic E-state index is 13.6. The number of pyridine rings is 1. The van der Waals surface area contributed by atoms with Crippen molar-refractivity contribution in [2.45, 2.75) is 44.4 Å². The standard InChI is InChI=1S/C37H37ClF3N9O5S/c1-36(2)34(54)49(26-18-28(37(39,40)41)30(19-42)43-20-26)35(56)50(36)25-3-5-27(6-4-25)55-14-13-47-9-11-48(12-10-47)21-32(52)45-24-16-22(38)15-23(17-24)44-29-7-8-31(51)46-33(29)53/h3-6,15-18,20,29,44H,7-14,21H2,1-2H3,(H,45,52)(H,46,51,53). The van der Waals surface area contributed by atoms with E-state index in [1.54, 1.807) is 61.2 Å². The summed E-state index contributed by atoms with van der Waals surface area (Å²) in [5.41, 5.74) is -1.95. The lowest BCUT2D eigenvalue weighted by atomic mass is 10.0. The average molecular weight is 812 g/mol. The second-order valence-electron chi connectivity index (χ2n) is 13.9. The van der Waals surface area contributed by atoms with Gasteiger partial charge in [0.1, 0.15) is 30.0 Å². The summed E-state index contributed by atoms with van der Waals surface area (Å²) in [5.74, 6) is -0.921. The Kier molecular flexibility index (Phi) is 11.8. The first kappa shape index (κ1) is 40.3. The third-order valence-electron chi connectivity index (χ3n) is 9.58. The van der Waals surface area contributed by atoms with Gasteiger partial charge in [-0.15, -0.1) is 0 Å². The number of thiocarbonyl (C=S) groups is 1. The molecular formula is C37H37ClF3N9O5S. The van der Waals surface area contributed by atoms with Crippen LogP contribution in [0, 0.1) is 11.3 Å². The number of nitrogens with one attached hydrogen (secondary N) is 3. The van der Waals surface area contributed by atoms with Crippen molar-refractivity contribution in [3.63, 3.8) is 0 Å². The minimum Gasteiger partial charge on any atom is -0.492 e. The van der Waals surface area contributed by atoms with Crippen molar-refractivity contribution < 1.29 is 37.1 Å². The van der Waals surface area contributed by atoms with E-state index in [2.05, 4.69) is 25.8 Å². The number of piperidine rings is 1. The molecule has 3 aliphatic rings. The number of hydrogen-bond donors (Lipinski definition) is 3. The summed E-state index contributed by atoms with van der Waals surface area (Å²) in [6.45, 7) is 7.19. The van der Waals surface area contributed by atoms with Crippen LogP contribution >= 0.6 is 23.8 Å². The van der Waals surface area contributed by atoms with Gasteiger partial charge in [-0.1, -0.05) is 11.6 Å². The van der Waals surface area contributed by atoms with Crippen LogP contribution in [0.3, 0.4) is 0 Å². The Balaban J connectivity index is 0.962. The summed E-state index contributed by atoms with van der Waals surface area (Å²) in [6, 6.07) is 13.4. The van der Waals surface area contributed by atoms with E-state index in [0.717, 1.165) is 24.2 Å². The lowest BCUT2D eigenvalue weighted by molar-refractivity contribution is -0.138. The van der Waals surface area contributed by atoms with Gasteiger partial charge in [-0.3, -0.25) is 39.2 Å². The Morgan fingerprint density at radius 1 is 1.05 bits per heavy atom. The first-order valence-electron chi connectivity index (χ1n) is 17.6. The van der Waals surface area contributed by atoms with Crippen molar-refractivity contribution >= 4 is 75.3 Å². The average Bonchev–Trinajstić information content (AvgIpc) is 3.31. The molecule has 19 heteroatoms. The number of carbonyl (C=O) groups is 4. The minimum atomic E-state index is -4.86. The third kappa shape index (κ3) is 9.02. The second-order valence-corrected chi connectivity index (χ2v) is 14.7. The number of carbonyl (C=O) groups excluding carboxylic acids is 4. The van der Waals surface area contributed by atoms with Gasteiger partial charge in [-0.2, -0.15) is 18.4 Å². The van der Waals surface area contributed by atoms with Crippen LogP contribution in [0.4, 0.5) is 35.9 Å². The second kappa shape index (κ2) is 16.4. The smallest absolute Gasteiger partial charge is 0.419 e. The summed E-state index contributed by atoms with van der Waals surface area (Å²) in [5, 5.41) is 17.7. The summed E-state index contributed by atoms with van der Waals surface area (Å²) < 4.78 is 46.9. The topological polar surface area (TPSA) is 163 Å². The summed E-state index contributed by atoms with van der Waals surface area (Å²) in [7, 11) is 0. The molecule has 0 saturated carbocycles. The zero-order valence-corrected chi connectivity index (χ0v) is 31.9. The Morgan fingerprint density at radius 3 is 2.39 bits per heavy atom. The van der Waals surface area contributed by atoms with Crippen LogP contribution in [-0.2, 0) is 25.4 Å². The molecule has 1 aromatic heterocycles. The van der Waals surface area contributed by atoms with E-state index in [1.807, 2.05) is 4.90 Å². The largest absolute Gasteiger partial charge is 0.492 e. The number of aromatic nitrogens is 1. The number of alkyl halides is 3. The monoisotopic (exact) mass is 811 g/mol. The normalized spacial score (nSPS) is 19.1. The summed E-state index contributed by atoms with van der Waals surface area (Å²) in [6.07, 6.45) is -3.25. The number of anilines is 4. The van der Waals surface area contributed by atoms with Gasteiger partial charge in [0.05, 0.1) is 24.0 Å². The van der Waals surface area contributed by atoms with Crippen LogP contribution in [0.15, 0.2) is 54.7 Å². The maximum Gasteiger partial charge on any atom is 0.419 e. The first-order chi connectivity index (χ1) is 26.5. The highest BCUT2D eigenvalue weighted by Gasteiger charge is 2.51. The van der Waals surface area contributed by atoms with Crippen molar-refractivity contribution in [2.75, 3.05) is 66.3 Å². The first-order valence-corrected chi connectivity index (χ1v) is 18.4. The van der Waals surface area contributed by atoms with Gasteiger partial charge in [-0.25, -0.2) is 4.98 Å². The van der Waals surface area contributed by atoms with E-state index >= 15 is 0 Å². The van der Waals surface area contributed by atoms with Crippen molar-refractivity contribution in [3.8, 4) is 11.8 Å². The van der Waals surface area contributed by atoms with E-state index in [9.17, 15) is 32.3 Å². The van der Waals surface area contributed by atoms with E-state index in [4.69, 9.17) is 33.8 Å². The molecule has 56 heavy (non-hydrogen) atoms. The van der Waals surface area contributed by atoms with Gasteiger partial charge in [-0.05, 0) is 81.0 Å². The molecular weight excluding hydrogens is 775 g/mol. The van der Waals surface area contributed by atoms with Crippen LogP contribution in [0.25, 0.3) is 0 Å². The molecule has 1 atom stereocenters. The molecule has 4 amide bonds. The number of nitriles is 1. The molecule has 1 unspecified atom stereocenters. The Bertz CT molecular complexity index is 2090. The number of ether oxygens (including phenoxy) is 1. The Hall–Kier alpha value is -5.35. The van der Waals surface area contributed by atoms with Crippen molar-refractivity contribution in [1.29, 1.82) is 5.26 Å². The number of amides is 4. The number of hydrogen-bond acceptors (Lipinski definition) is 11. The quantitative estimate of drug-likeness (QED) is 0.185. The maximum absolute atomic E-state index is 13.6. The van der Waals surface area contributed by atoms with Crippen LogP contribution in [-0.4, -0.2) is 101 Å². The molecule has 14 nitrogen and oxygen atoms in total. The number of imide groups is 1. The van der Waals surface area contributed by atoms with Crippen LogP contribution in [0.1, 0.15) is 37.9 Å². The summed E-state index contributed by atoms with van der Waals surface area (Å²) >= 11 is 11.9. The van der Waals surface area contributed by atoms with E-state index in [0.29, 0.717) is 66.6 Å². The number of rotatable bonds is 11. The van der Waals surface area contributed by atoms with Gasteiger partial charge in [0.25, 0.3) is 5.91 Å². The van der Waals surface area contributed by atoms with Gasteiger partial charge < -0.3 is 20.3 Å². The molecule has 0 bridgehead atoms. The minimum absolute atomic E-state index is 0.0390. The molecule has 0 spiro atoms. The third-order valence-corrected chi connectivity index (χ3v) is 10.2. The van der Waals surface area contributed by atoms with Gasteiger partial charge >= 0.3 is 6.18 Å². The highest BCUT2D eigenvalue weighted by molar-refractivity contribution is 7.81. The molecule has 0 aliphatic carbocycles. The number of benzene rings is 2. The van der Waals surface area contributed by atoms with Crippen LogP contribution in [0.2, 0.25) is 5.02 Å². The van der Waals surface area contributed by atoms with Crippen molar-refractivity contribution in [2.24, 2.45) is 0 Å². The number of nitrogens with zero attached hydrogens (tertiary/aromatic N) is 6. The molecule has 3 aromatic rings.